The molecule has 19 heavy (non-hydrogen) atoms. The lowest BCUT2D eigenvalue weighted by Crippen LogP contribution is -2.26. The van der Waals surface area contributed by atoms with Crippen LogP contribution in [0.2, 0.25) is 5.02 Å². The number of hydrogen-bond acceptors (Lipinski definition) is 3. The second kappa shape index (κ2) is 4.90. The van der Waals surface area contributed by atoms with Crippen molar-refractivity contribution in [2.24, 2.45) is 0 Å². The highest BCUT2D eigenvalue weighted by atomic mass is 35.5. The van der Waals surface area contributed by atoms with Crippen molar-refractivity contribution < 1.29 is 9.90 Å². The van der Waals surface area contributed by atoms with Gasteiger partial charge in [-0.05, 0) is 38.1 Å². The molecule has 98 valence electrons. The first-order chi connectivity index (χ1) is 8.91. The molecule has 1 heterocycles. The van der Waals surface area contributed by atoms with Gasteiger partial charge in [0.25, 0.3) is 5.56 Å². The topological polar surface area (TPSA) is 59.3 Å². The number of halogens is 1. The molecule has 2 aromatic rings. The number of benzene rings is 1. The second-order valence-corrected chi connectivity index (χ2v) is 4.66. The summed E-state index contributed by atoms with van der Waals surface area (Å²) in [4.78, 5) is 23.7. The van der Waals surface area contributed by atoms with E-state index in [1.54, 1.807) is 31.2 Å². The molecule has 0 aliphatic carbocycles. The molecule has 0 aliphatic rings. The van der Waals surface area contributed by atoms with Gasteiger partial charge in [-0.1, -0.05) is 11.6 Å². The Kier molecular flexibility index (Phi) is 3.44. The lowest BCUT2D eigenvalue weighted by atomic mass is 10.1. The van der Waals surface area contributed by atoms with Gasteiger partial charge in [0.05, 0.1) is 0 Å². The first-order valence-corrected chi connectivity index (χ1v) is 6.02. The maximum Gasteiger partial charge on any atom is 0.269 e. The molecule has 0 aliphatic heterocycles. The summed E-state index contributed by atoms with van der Waals surface area (Å²) in [5, 5.41) is 10.3. The van der Waals surface area contributed by atoms with Crippen molar-refractivity contribution in [3.05, 3.63) is 57.0 Å². The Morgan fingerprint density at radius 2 is 1.84 bits per heavy atom. The van der Waals surface area contributed by atoms with Gasteiger partial charge in [0.15, 0.2) is 5.78 Å². The summed E-state index contributed by atoms with van der Waals surface area (Å²) in [6.07, 6.45) is 0. The number of ketones is 1. The summed E-state index contributed by atoms with van der Waals surface area (Å²) >= 11 is 5.80. The normalized spacial score (nSPS) is 10.5. The van der Waals surface area contributed by atoms with Crippen LogP contribution in [0.25, 0.3) is 5.69 Å². The van der Waals surface area contributed by atoms with E-state index in [1.165, 1.54) is 17.6 Å². The molecule has 4 nitrogen and oxygen atoms in total. The minimum absolute atomic E-state index is 0.208. The zero-order valence-corrected chi connectivity index (χ0v) is 11.2. The summed E-state index contributed by atoms with van der Waals surface area (Å²) in [5.74, 6) is -0.759. The van der Waals surface area contributed by atoms with Gasteiger partial charge in [-0.25, -0.2) is 0 Å². The average Bonchev–Trinajstić information content (AvgIpc) is 2.30. The lowest BCUT2D eigenvalue weighted by Gasteiger charge is -2.12. The fraction of sp³-hybridized carbons (Fsp3) is 0.143. The van der Waals surface area contributed by atoms with E-state index < -0.39 is 11.3 Å². The van der Waals surface area contributed by atoms with Crippen LogP contribution in [0, 0.1) is 6.92 Å². The molecule has 5 heteroatoms. The van der Waals surface area contributed by atoms with Gasteiger partial charge in [-0.2, -0.15) is 0 Å². The number of pyridine rings is 1. The third-order valence-electron chi connectivity index (χ3n) is 2.81. The number of aromatic nitrogens is 1. The predicted molar refractivity (Wildman–Crippen MR) is 73.5 cm³/mol. The fourth-order valence-electron chi connectivity index (χ4n) is 1.96. The average molecular weight is 278 g/mol. The maximum absolute atomic E-state index is 12.3. The number of Topliss-reactive ketones (excluding diaryl/α,β-unsaturated/α-hetero) is 1. The van der Waals surface area contributed by atoms with E-state index in [4.69, 9.17) is 11.6 Å². The van der Waals surface area contributed by atoms with E-state index in [1.807, 2.05) is 0 Å². The van der Waals surface area contributed by atoms with Gasteiger partial charge < -0.3 is 5.11 Å². The largest absolute Gasteiger partial charge is 0.507 e. The van der Waals surface area contributed by atoms with Gasteiger partial charge >= 0.3 is 0 Å². The number of aromatic hydroxyl groups is 1. The standard InChI is InChI=1S/C14H12ClNO3/c1-8-7-12(18)13(9(2)17)14(19)16(8)11-5-3-10(15)4-6-11/h3-7,18H,1-2H3. The molecule has 0 saturated carbocycles. The SMILES string of the molecule is CC(=O)c1c(O)cc(C)n(-c2ccc(Cl)cc2)c1=O. The molecule has 1 aromatic carbocycles. The number of rotatable bonds is 2. The van der Waals surface area contributed by atoms with Crippen LogP contribution < -0.4 is 5.56 Å². The highest BCUT2D eigenvalue weighted by Gasteiger charge is 2.17. The fourth-order valence-corrected chi connectivity index (χ4v) is 2.08. The van der Waals surface area contributed by atoms with Crippen LogP contribution in [0.15, 0.2) is 35.1 Å². The third-order valence-corrected chi connectivity index (χ3v) is 3.06. The van der Waals surface area contributed by atoms with Crippen LogP contribution in [0.1, 0.15) is 23.0 Å². The van der Waals surface area contributed by atoms with Crippen molar-refractivity contribution in [2.45, 2.75) is 13.8 Å². The summed E-state index contributed by atoms with van der Waals surface area (Å²) in [6.45, 7) is 2.93. The summed E-state index contributed by atoms with van der Waals surface area (Å²) < 4.78 is 1.37. The molecule has 0 unspecified atom stereocenters. The minimum atomic E-state index is -0.535. The quantitative estimate of drug-likeness (QED) is 0.859. The van der Waals surface area contributed by atoms with Crippen LogP contribution in [0.5, 0.6) is 5.75 Å². The highest BCUT2D eigenvalue weighted by molar-refractivity contribution is 6.30. The van der Waals surface area contributed by atoms with Crippen molar-refractivity contribution in [3.63, 3.8) is 0 Å². The van der Waals surface area contributed by atoms with Crippen molar-refractivity contribution in [2.75, 3.05) is 0 Å². The molecule has 0 amide bonds. The van der Waals surface area contributed by atoms with Crippen molar-refractivity contribution in [1.29, 1.82) is 0 Å². The number of nitrogens with zero attached hydrogens (tertiary/aromatic N) is 1. The molecular weight excluding hydrogens is 266 g/mol. The molecule has 1 aromatic heterocycles. The third kappa shape index (κ3) is 2.39. The lowest BCUT2D eigenvalue weighted by molar-refractivity contribution is 0.101. The molecule has 0 radical (unpaired) electrons. The van der Waals surface area contributed by atoms with Crippen LogP contribution in [-0.2, 0) is 0 Å². The van der Waals surface area contributed by atoms with Gasteiger partial charge in [0, 0.05) is 22.5 Å². The number of carbonyl (C=O) groups excluding carboxylic acids is 1. The summed E-state index contributed by atoms with van der Waals surface area (Å²) in [5.41, 5.74) is 0.386. The Balaban J connectivity index is 2.77. The van der Waals surface area contributed by atoms with E-state index in [0.717, 1.165) is 0 Å². The smallest absolute Gasteiger partial charge is 0.269 e. The van der Waals surface area contributed by atoms with E-state index >= 15 is 0 Å². The summed E-state index contributed by atoms with van der Waals surface area (Å²) in [6, 6.07) is 8.06. The van der Waals surface area contributed by atoms with Gasteiger partial charge in [-0.3, -0.25) is 14.2 Å². The Hall–Kier alpha value is -2.07. The summed E-state index contributed by atoms with van der Waals surface area (Å²) in [7, 11) is 0. The van der Waals surface area contributed by atoms with E-state index in [9.17, 15) is 14.7 Å². The van der Waals surface area contributed by atoms with Crippen LogP contribution >= 0.6 is 11.6 Å². The Morgan fingerprint density at radius 1 is 1.26 bits per heavy atom. The van der Waals surface area contributed by atoms with Gasteiger partial charge in [0.2, 0.25) is 0 Å². The van der Waals surface area contributed by atoms with E-state index in [2.05, 4.69) is 0 Å². The molecule has 0 spiro atoms. The van der Waals surface area contributed by atoms with Crippen LogP contribution in [-0.4, -0.2) is 15.5 Å². The number of aryl methyl sites for hydroxylation is 1. The molecule has 0 atom stereocenters. The molecule has 0 saturated heterocycles. The van der Waals surface area contributed by atoms with Crippen LogP contribution in [0.4, 0.5) is 0 Å². The second-order valence-electron chi connectivity index (χ2n) is 4.22. The van der Waals surface area contributed by atoms with E-state index in [-0.39, 0.29) is 11.3 Å². The zero-order chi connectivity index (χ0) is 14.2. The predicted octanol–water partition coefficient (Wildman–Crippen LogP) is 2.71. The van der Waals surface area contributed by atoms with Crippen molar-refractivity contribution in [3.8, 4) is 11.4 Å². The first kappa shape index (κ1) is 13.4. The molecule has 0 fully saturated rings. The van der Waals surface area contributed by atoms with E-state index in [0.29, 0.717) is 16.4 Å². The number of hydrogen-bond donors (Lipinski definition) is 1. The Labute approximate surface area is 114 Å². The van der Waals surface area contributed by atoms with Gasteiger partial charge in [0.1, 0.15) is 11.3 Å². The first-order valence-electron chi connectivity index (χ1n) is 5.64. The van der Waals surface area contributed by atoms with Crippen LogP contribution in [0.3, 0.4) is 0 Å². The van der Waals surface area contributed by atoms with Crippen molar-refractivity contribution in [1.82, 2.24) is 4.57 Å². The Bertz CT molecular complexity index is 702. The zero-order valence-electron chi connectivity index (χ0n) is 10.5. The molecule has 2 rings (SSSR count). The maximum atomic E-state index is 12.3. The monoisotopic (exact) mass is 277 g/mol. The molecule has 1 N–H and O–H groups in total. The molecule has 0 bridgehead atoms. The molecular formula is C14H12ClNO3. The minimum Gasteiger partial charge on any atom is -0.507 e. The van der Waals surface area contributed by atoms with Gasteiger partial charge in [-0.15, -0.1) is 0 Å². The number of carbonyl (C=O) groups is 1. The highest BCUT2D eigenvalue weighted by Crippen LogP contribution is 2.19. The Morgan fingerprint density at radius 3 is 2.37 bits per heavy atom. The van der Waals surface area contributed by atoms with Crippen molar-refractivity contribution >= 4 is 17.4 Å².